The lowest BCUT2D eigenvalue weighted by atomic mass is 9.99. The van der Waals surface area contributed by atoms with Gasteiger partial charge in [-0.15, -0.1) is 0 Å². The summed E-state index contributed by atoms with van der Waals surface area (Å²) >= 11 is 6.15. The third-order valence-electron chi connectivity index (χ3n) is 4.00. The number of aliphatic hydroxyl groups excluding tert-OH is 1. The number of rotatable bonds is 3. The SMILES string of the molecule is O=C(Nc1cnn(-c2ccccc2Cl)c1)N1CCC[C@H](CO)C1. The summed E-state index contributed by atoms with van der Waals surface area (Å²) in [6.07, 6.45) is 5.20. The van der Waals surface area contributed by atoms with Crippen molar-refractivity contribution >= 4 is 23.3 Å². The van der Waals surface area contributed by atoms with E-state index in [2.05, 4.69) is 10.4 Å². The number of likely N-dealkylation sites (tertiary alicyclic amines) is 1. The van der Waals surface area contributed by atoms with E-state index in [1.165, 1.54) is 0 Å². The highest BCUT2D eigenvalue weighted by Crippen LogP contribution is 2.21. The lowest BCUT2D eigenvalue weighted by Crippen LogP contribution is -2.43. The van der Waals surface area contributed by atoms with Crippen LogP contribution in [0.5, 0.6) is 0 Å². The maximum Gasteiger partial charge on any atom is 0.321 e. The molecule has 2 heterocycles. The maximum absolute atomic E-state index is 12.3. The first kappa shape index (κ1) is 15.8. The Labute approximate surface area is 139 Å². The van der Waals surface area contributed by atoms with Crippen LogP contribution >= 0.6 is 11.6 Å². The van der Waals surface area contributed by atoms with Crippen molar-refractivity contribution in [3.8, 4) is 5.69 Å². The molecule has 0 aliphatic carbocycles. The number of aliphatic hydroxyl groups is 1. The van der Waals surface area contributed by atoms with Gasteiger partial charge < -0.3 is 15.3 Å². The van der Waals surface area contributed by atoms with E-state index in [1.54, 1.807) is 28.0 Å². The molecule has 122 valence electrons. The number of urea groups is 1. The van der Waals surface area contributed by atoms with E-state index < -0.39 is 0 Å². The Morgan fingerprint density at radius 1 is 1.43 bits per heavy atom. The second-order valence-corrected chi connectivity index (χ2v) is 6.10. The number of amides is 2. The molecule has 2 N–H and O–H groups in total. The molecule has 1 aliphatic rings. The minimum Gasteiger partial charge on any atom is -0.396 e. The average molecular weight is 335 g/mol. The molecule has 0 unspecified atom stereocenters. The predicted molar refractivity (Wildman–Crippen MR) is 89.0 cm³/mol. The fraction of sp³-hybridized carbons (Fsp3) is 0.375. The normalized spacial score (nSPS) is 18.0. The summed E-state index contributed by atoms with van der Waals surface area (Å²) in [4.78, 5) is 14.0. The maximum atomic E-state index is 12.3. The number of hydrogen-bond donors (Lipinski definition) is 2. The molecule has 0 radical (unpaired) electrons. The summed E-state index contributed by atoms with van der Waals surface area (Å²) in [5.41, 5.74) is 1.37. The molecule has 1 aromatic heterocycles. The lowest BCUT2D eigenvalue weighted by Gasteiger charge is -2.31. The topological polar surface area (TPSA) is 70.4 Å². The zero-order valence-electron chi connectivity index (χ0n) is 12.7. The standard InChI is InChI=1S/C16H19ClN4O2/c17-14-5-1-2-6-15(14)21-10-13(8-18-21)19-16(23)20-7-3-4-12(9-20)11-22/h1-2,5-6,8,10,12,22H,3-4,7,9,11H2,(H,19,23)/t12-/m0/s1. The highest BCUT2D eigenvalue weighted by Gasteiger charge is 2.23. The van der Waals surface area contributed by atoms with Crippen molar-refractivity contribution in [2.75, 3.05) is 25.0 Å². The van der Waals surface area contributed by atoms with Crippen LogP contribution in [0.3, 0.4) is 0 Å². The van der Waals surface area contributed by atoms with Gasteiger partial charge >= 0.3 is 6.03 Å². The molecule has 1 aromatic carbocycles. The zero-order valence-corrected chi connectivity index (χ0v) is 13.4. The molecule has 0 saturated carbocycles. The van der Waals surface area contributed by atoms with E-state index in [0.717, 1.165) is 18.5 Å². The molecule has 0 bridgehead atoms. The Balaban J connectivity index is 1.67. The second kappa shape index (κ2) is 7.02. The quantitative estimate of drug-likeness (QED) is 0.906. The van der Waals surface area contributed by atoms with Gasteiger partial charge in [-0.25, -0.2) is 9.48 Å². The van der Waals surface area contributed by atoms with Gasteiger partial charge in [0.25, 0.3) is 0 Å². The van der Waals surface area contributed by atoms with Gasteiger partial charge in [0.2, 0.25) is 0 Å². The van der Waals surface area contributed by atoms with Crippen molar-refractivity contribution in [1.29, 1.82) is 0 Å². The Morgan fingerprint density at radius 3 is 3.04 bits per heavy atom. The molecule has 1 fully saturated rings. The molecule has 2 aromatic rings. The molecule has 7 heteroatoms. The third kappa shape index (κ3) is 3.65. The molecule has 6 nitrogen and oxygen atoms in total. The highest BCUT2D eigenvalue weighted by molar-refractivity contribution is 6.32. The van der Waals surface area contributed by atoms with E-state index in [1.807, 2.05) is 18.2 Å². The third-order valence-corrected chi connectivity index (χ3v) is 4.32. The number of anilines is 1. The first-order valence-corrected chi connectivity index (χ1v) is 8.01. The summed E-state index contributed by atoms with van der Waals surface area (Å²) in [6.45, 7) is 1.41. The summed E-state index contributed by atoms with van der Waals surface area (Å²) in [5.74, 6) is 0.167. The van der Waals surface area contributed by atoms with E-state index in [0.29, 0.717) is 23.8 Å². The predicted octanol–water partition coefficient (Wildman–Crippen LogP) is 2.76. The van der Waals surface area contributed by atoms with E-state index in [4.69, 9.17) is 11.6 Å². The smallest absolute Gasteiger partial charge is 0.321 e. The molecule has 1 atom stereocenters. The number of para-hydroxylation sites is 1. The van der Waals surface area contributed by atoms with Gasteiger partial charge in [-0.2, -0.15) is 5.10 Å². The van der Waals surface area contributed by atoms with Crippen LogP contribution < -0.4 is 5.32 Å². The number of carbonyl (C=O) groups excluding carboxylic acids is 1. The van der Waals surface area contributed by atoms with Crippen LogP contribution in [-0.4, -0.2) is 45.5 Å². The fourth-order valence-electron chi connectivity index (χ4n) is 2.76. The van der Waals surface area contributed by atoms with Crippen LogP contribution in [0.4, 0.5) is 10.5 Å². The number of aromatic nitrogens is 2. The monoisotopic (exact) mass is 334 g/mol. The van der Waals surface area contributed by atoms with Crippen molar-refractivity contribution in [2.45, 2.75) is 12.8 Å². The number of nitrogens with one attached hydrogen (secondary N) is 1. The van der Waals surface area contributed by atoms with Gasteiger partial charge in [0.05, 0.1) is 28.8 Å². The van der Waals surface area contributed by atoms with Crippen molar-refractivity contribution in [2.24, 2.45) is 5.92 Å². The number of piperidine rings is 1. The molecule has 3 rings (SSSR count). The largest absolute Gasteiger partial charge is 0.396 e. The van der Waals surface area contributed by atoms with Crippen LogP contribution in [0.1, 0.15) is 12.8 Å². The van der Waals surface area contributed by atoms with Gasteiger partial charge in [-0.1, -0.05) is 23.7 Å². The van der Waals surface area contributed by atoms with Gasteiger partial charge in [-0.05, 0) is 30.9 Å². The lowest BCUT2D eigenvalue weighted by molar-refractivity contribution is 0.136. The molecule has 1 saturated heterocycles. The summed E-state index contributed by atoms with van der Waals surface area (Å²) in [5, 5.41) is 16.9. The highest BCUT2D eigenvalue weighted by atomic mass is 35.5. The Hall–Kier alpha value is -2.05. The number of benzene rings is 1. The Morgan fingerprint density at radius 2 is 2.26 bits per heavy atom. The van der Waals surface area contributed by atoms with Crippen LogP contribution in [0.15, 0.2) is 36.7 Å². The Kier molecular flexibility index (Phi) is 4.83. The summed E-state index contributed by atoms with van der Waals surface area (Å²) < 4.78 is 1.63. The minimum atomic E-state index is -0.165. The van der Waals surface area contributed by atoms with Crippen molar-refractivity contribution < 1.29 is 9.90 Å². The fourth-order valence-corrected chi connectivity index (χ4v) is 2.98. The van der Waals surface area contributed by atoms with Gasteiger partial charge in [-0.3, -0.25) is 0 Å². The van der Waals surface area contributed by atoms with E-state index >= 15 is 0 Å². The van der Waals surface area contributed by atoms with Crippen LogP contribution in [-0.2, 0) is 0 Å². The van der Waals surface area contributed by atoms with E-state index in [-0.39, 0.29) is 18.6 Å². The van der Waals surface area contributed by atoms with Crippen molar-refractivity contribution in [3.05, 3.63) is 41.7 Å². The summed E-state index contributed by atoms with van der Waals surface area (Å²) in [6, 6.07) is 7.22. The van der Waals surface area contributed by atoms with Crippen molar-refractivity contribution in [3.63, 3.8) is 0 Å². The second-order valence-electron chi connectivity index (χ2n) is 5.69. The van der Waals surface area contributed by atoms with Crippen LogP contribution in [0.2, 0.25) is 5.02 Å². The first-order chi connectivity index (χ1) is 11.2. The molecular formula is C16H19ClN4O2. The summed E-state index contributed by atoms with van der Waals surface area (Å²) in [7, 11) is 0. The van der Waals surface area contributed by atoms with Crippen LogP contribution in [0, 0.1) is 5.92 Å². The minimum absolute atomic E-state index is 0.119. The number of hydrogen-bond acceptors (Lipinski definition) is 3. The molecular weight excluding hydrogens is 316 g/mol. The van der Waals surface area contributed by atoms with Gasteiger partial charge in [0.15, 0.2) is 0 Å². The zero-order chi connectivity index (χ0) is 16.2. The number of nitrogens with zero attached hydrogens (tertiary/aromatic N) is 3. The Bertz CT molecular complexity index is 688. The average Bonchev–Trinajstić information content (AvgIpc) is 3.03. The van der Waals surface area contributed by atoms with Gasteiger partial charge in [0, 0.05) is 19.7 Å². The van der Waals surface area contributed by atoms with E-state index in [9.17, 15) is 9.90 Å². The first-order valence-electron chi connectivity index (χ1n) is 7.63. The number of carbonyl (C=O) groups is 1. The van der Waals surface area contributed by atoms with Crippen LogP contribution in [0.25, 0.3) is 5.69 Å². The number of halogens is 1. The molecule has 1 aliphatic heterocycles. The molecule has 23 heavy (non-hydrogen) atoms. The van der Waals surface area contributed by atoms with Gasteiger partial charge in [0.1, 0.15) is 0 Å². The molecule has 2 amide bonds. The van der Waals surface area contributed by atoms with Crippen molar-refractivity contribution in [1.82, 2.24) is 14.7 Å². The molecule has 0 spiro atoms.